The van der Waals surface area contributed by atoms with E-state index in [2.05, 4.69) is 5.32 Å². The molecule has 20 heavy (non-hydrogen) atoms. The molecule has 1 N–H and O–H groups in total. The highest BCUT2D eigenvalue weighted by atomic mass is 35.5. The molecule has 0 heterocycles. The third-order valence-electron chi connectivity index (χ3n) is 2.77. The summed E-state index contributed by atoms with van der Waals surface area (Å²) in [4.78, 5) is 0. The lowest BCUT2D eigenvalue weighted by Crippen LogP contribution is -2.04. The summed E-state index contributed by atoms with van der Waals surface area (Å²) in [5.41, 5.74) is 1.30. The van der Waals surface area contributed by atoms with Gasteiger partial charge in [0.25, 0.3) is 0 Å². The Morgan fingerprint density at radius 1 is 1.10 bits per heavy atom. The van der Waals surface area contributed by atoms with Crippen LogP contribution in [0.3, 0.4) is 0 Å². The van der Waals surface area contributed by atoms with Crippen molar-refractivity contribution in [3.8, 4) is 12.1 Å². The lowest BCUT2D eigenvalue weighted by molar-refractivity contribution is 0.609. The minimum absolute atomic E-state index is 0.00380. The van der Waals surface area contributed by atoms with Crippen LogP contribution in [0.15, 0.2) is 36.4 Å². The van der Waals surface area contributed by atoms with Crippen molar-refractivity contribution in [2.45, 2.75) is 6.54 Å². The van der Waals surface area contributed by atoms with Crippen LogP contribution in [0.4, 0.5) is 10.1 Å². The summed E-state index contributed by atoms with van der Waals surface area (Å²) in [7, 11) is 0. The molecular weight excluding hydrogens is 277 g/mol. The average Bonchev–Trinajstić information content (AvgIpc) is 2.46. The van der Waals surface area contributed by atoms with Gasteiger partial charge < -0.3 is 5.32 Å². The molecule has 0 spiro atoms. The molecule has 0 aromatic heterocycles. The van der Waals surface area contributed by atoms with Gasteiger partial charge in [-0.2, -0.15) is 10.5 Å². The van der Waals surface area contributed by atoms with Crippen LogP contribution < -0.4 is 5.32 Å². The van der Waals surface area contributed by atoms with Crippen molar-refractivity contribution in [3.63, 3.8) is 0 Å². The maximum absolute atomic E-state index is 13.9. The summed E-state index contributed by atoms with van der Waals surface area (Å²) in [6.45, 7) is 0.163. The van der Waals surface area contributed by atoms with E-state index in [1.54, 1.807) is 36.4 Å². The molecule has 5 heteroatoms. The molecule has 2 aromatic carbocycles. The molecule has 0 atom stereocenters. The maximum atomic E-state index is 13.9. The zero-order chi connectivity index (χ0) is 14.5. The first-order chi connectivity index (χ1) is 9.65. The first-order valence-electron chi connectivity index (χ1n) is 5.76. The van der Waals surface area contributed by atoms with Gasteiger partial charge in [-0.05, 0) is 24.3 Å². The lowest BCUT2D eigenvalue weighted by atomic mass is 10.1. The second-order valence-corrected chi connectivity index (χ2v) is 4.48. The number of hydrogen-bond donors (Lipinski definition) is 1. The normalized spacial score (nSPS) is 9.60. The fraction of sp³-hybridized carbons (Fsp3) is 0.0667. The molecule has 0 radical (unpaired) electrons. The Morgan fingerprint density at radius 3 is 2.55 bits per heavy atom. The van der Waals surface area contributed by atoms with Crippen LogP contribution in [0, 0.1) is 28.5 Å². The largest absolute Gasteiger partial charge is 0.380 e. The van der Waals surface area contributed by atoms with Crippen molar-refractivity contribution in [2.24, 2.45) is 0 Å². The van der Waals surface area contributed by atoms with Gasteiger partial charge >= 0.3 is 0 Å². The van der Waals surface area contributed by atoms with Crippen molar-refractivity contribution < 1.29 is 4.39 Å². The van der Waals surface area contributed by atoms with E-state index >= 15 is 0 Å². The number of rotatable bonds is 3. The Kier molecular flexibility index (Phi) is 4.20. The smallest absolute Gasteiger partial charge is 0.145 e. The van der Waals surface area contributed by atoms with E-state index in [9.17, 15) is 4.39 Å². The van der Waals surface area contributed by atoms with Gasteiger partial charge in [-0.1, -0.05) is 23.7 Å². The predicted octanol–water partition coefficient (Wildman–Crippen LogP) is 3.83. The summed E-state index contributed by atoms with van der Waals surface area (Å²) in [6, 6.07) is 13.2. The molecule has 0 saturated heterocycles. The molecule has 0 unspecified atom stereocenters. The summed E-state index contributed by atoms with van der Waals surface area (Å²) in [5, 5.41) is 21.2. The number of benzene rings is 2. The van der Waals surface area contributed by atoms with Gasteiger partial charge in [-0.3, -0.25) is 0 Å². The second kappa shape index (κ2) is 6.06. The van der Waals surface area contributed by atoms with Crippen LogP contribution in [0.1, 0.15) is 16.7 Å². The Hall–Kier alpha value is -2.56. The van der Waals surface area contributed by atoms with Crippen molar-refractivity contribution in [1.29, 1.82) is 10.5 Å². The van der Waals surface area contributed by atoms with Crippen LogP contribution in [0.2, 0.25) is 5.02 Å². The highest BCUT2D eigenvalue weighted by Crippen LogP contribution is 2.22. The molecule has 98 valence electrons. The van der Waals surface area contributed by atoms with Crippen LogP contribution in [0.25, 0.3) is 0 Å². The third kappa shape index (κ3) is 2.88. The van der Waals surface area contributed by atoms with Crippen molar-refractivity contribution in [1.82, 2.24) is 0 Å². The SMILES string of the molecule is N#Cc1ccc(Cl)cc1NCc1cccc(C#N)c1F. The van der Waals surface area contributed by atoms with Gasteiger partial charge in [0, 0.05) is 17.1 Å². The molecule has 0 bridgehead atoms. The van der Waals surface area contributed by atoms with Gasteiger partial charge in [-0.15, -0.1) is 0 Å². The van der Waals surface area contributed by atoms with E-state index < -0.39 is 5.82 Å². The van der Waals surface area contributed by atoms with E-state index in [0.717, 1.165) is 0 Å². The van der Waals surface area contributed by atoms with Crippen LogP contribution in [-0.4, -0.2) is 0 Å². The highest BCUT2D eigenvalue weighted by molar-refractivity contribution is 6.30. The predicted molar refractivity (Wildman–Crippen MR) is 74.6 cm³/mol. The van der Waals surface area contributed by atoms with Crippen molar-refractivity contribution in [2.75, 3.05) is 5.32 Å². The molecule has 0 fully saturated rings. The number of halogens is 2. The van der Waals surface area contributed by atoms with E-state index in [1.807, 2.05) is 6.07 Å². The fourth-order valence-electron chi connectivity index (χ4n) is 1.75. The van der Waals surface area contributed by atoms with Crippen molar-refractivity contribution >= 4 is 17.3 Å². The standard InChI is InChI=1S/C15H9ClFN3/c16-13-5-4-10(7-18)14(6-13)20-9-12-3-1-2-11(8-19)15(12)17/h1-6,20H,9H2. The summed E-state index contributed by atoms with van der Waals surface area (Å²) >= 11 is 5.87. The topological polar surface area (TPSA) is 59.6 Å². The quantitative estimate of drug-likeness (QED) is 0.932. The minimum Gasteiger partial charge on any atom is -0.380 e. The molecule has 2 rings (SSSR count). The first-order valence-corrected chi connectivity index (χ1v) is 6.14. The maximum Gasteiger partial charge on any atom is 0.145 e. The molecule has 0 amide bonds. The molecule has 3 nitrogen and oxygen atoms in total. The fourth-order valence-corrected chi connectivity index (χ4v) is 1.93. The Bertz CT molecular complexity index is 729. The van der Waals surface area contributed by atoms with Crippen LogP contribution in [0.5, 0.6) is 0 Å². The van der Waals surface area contributed by atoms with E-state index in [0.29, 0.717) is 21.8 Å². The van der Waals surface area contributed by atoms with Crippen LogP contribution in [-0.2, 0) is 6.54 Å². The summed E-state index contributed by atoms with van der Waals surface area (Å²) in [6.07, 6.45) is 0. The Labute approximate surface area is 120 Å². The number of nitriles is 2. The van der Waals surface area contributed by atoms with Crippen LogP contribution >= 0.6 is 11.6 Å². The Balaban J connectivity index is 2.24. The van der Waals surface area contributed by atoms with E-state index in [4.69, 9.17) is 22.1 Å². The summed E-state index contributed by atoms with van der Waals surface area (Å²) in [5.74, 6) is -0.553. The summed E-state index contributed by atoms with van der Waals surface area (Å²) < 4.78 is 13.9. The second-order valence-electron chi connectivity index (χ2n) is 4.05. The average molecular weight is 286 g/mol. The van der Waals surface area contributed by atoms with Gasteiger partial charge in [0.05, 0.1) is 16.8 Å². The van der Waals surface area contributed by atoms with Gasteiger partial charge in [0.1, 0.15) is 18.0 Å². The van der Waals surface area contributed by atoms with Gasteiger partial charge in [0.15, 0.2) is 0 Å². The monoisotopic (exact) mass is 285 g/mol. The zero-order valence-electron chi connectivity index (χ0n) is 10.3. The number of nitrogens with zero attached hydrogens (tertiary/aromatic N) is 2. The Morgan fingerprint density at radius 2 is 1.85 bits per heavy atom. The first kappa shape index (κ1) is 13.9. The molecule has 0 aliphatic heterocycles. The molecule has 0 aliphatic carbocycles. The van der Waals surface area contributed by atoms with E-state index in [1.165, 1.54) is 6.07 Å². The zero-order valence-corrected chi connectivity index (χ0v) is 11.1. The van der Waals surface area contributed by atoms with Gasteiger partial charge in [0.2, 0.25) is 0 Å². The number of nitrogens with one attached hydrogen (secondary N) is 1. The van der Waals surface area contributed by atoms with Gasteiger partial charge in [-0.25, -0.2) is 4.39 Å². The molecule has 2 aromatic rings. The minimum atomic E-state index is -0.553. The molecular formula is C15H9ClFN3. The van der Waals surface area contributed by atoms with E-state index in [-0.39, 0.29) is 12.1 Å². The number of hydrogen-bond acceptors (Lipinski definition) is 3. The highest BCUT2D eigenvalue weighted by Gasteiger charge is 2.08. The molecule has 0 aliphatic rings. The van der Waals surface area contributed by atoms with Crippen molar-refractivity contribution in [3.05, 3.63) is 63.9 Å². The third-order valence-corrected chi connectivity index (χ3v) is 3.01. The lowest BCUT2D eigenvalue weighted by Gasteiger charge is -2.10. The number of anilines is 1. The molecule has 0 saturated carbocycles.